The molecule has 0 atom stereocenters. The maximum Gasteiger partial charge on any atom is 0.337 e. The third kappa shape index (κ3) is 3.36. The van der Waals surface area contributed by atoms with Gasteiger partial charge in [0.15, 0.2) is 0 Å². The number of nitrogens with one attached hydrogen (secondary N) is 1. The van der Waals surface area contributed by atoms with Crippen LogP contribution in [0.4, 0.5) is 5.69 Å². The molecule has 0 bridgehead atoms. The van der Waals surface area contributed by atoms with Crippen molar-refractivity contribution in [1.29, 1.82) is 0 Å². The van der Waals surface area contributed by atoms with Crippen molar-refractivity contribution in [2.45, 2.75) is 44.6 Å². The van der Waals surface area contributed by atoms with Crippen molar-refractivity contribution in [3.8, 4) is 0 Å². The molecule has 1 aromatic rings. The molecule has 0 saturated heterocycles. The van der Waals surface area contributed by atoms with Crippen molar-refractivity contribution in [2.75, 3.05) is 5.32 Å². The lowest BCUT2D eigenvalue weighted by Crippen LogP contribution is -2.40. The standard InChI is InChI=1S/C15H20N2O3/c1-10-4-5-12(11(8-10)14(19)20)17-13(18)9-15(16)6-2-3-7-15/h4-5,8H,2-3,6-7,9,16H2,1H3,(H,17,18)(H,19,20). The molecule has 2 rings (SSSR count). The van der Waals surface area contributed by atoms with Gasteiger partial charge in [-0.3, -0.25) is 4.79 Å². The van der Waals surface area contributed by atoms with Crippen LogP contribution in [0.15, 0.2) is 18.2 Å². The second-order valence-corrected chi connectivity index (χ2v) is 5.65. The summed E-state index contributed by atoms with van der Waals surface area (Å²) in [6, 6.07) is 4.94. The maximum atomic E-state index is 12.0. The second kappa shape index (κ2) is 5.63. The van der Waals surface area contributed by atoms with Crippen LogP contribution in [-0.2, 0) is 4.79 Å². The molecule has 1 fully saturated rings. The predicted octanol–water partition coefficient (Wildman–Crippen LogP) is 2.29. The molecule has 4 N–H and O–H groups in total. The quantitative estimate of drug-likeness (QED) is 0.786. The van der Waals surface area contributed by atoms with Crippen LogP contribution in [0.1, 0.15) is 48.0 Å². The lowest BCUT2D eigenvalue weighted by atomic mass is 9.94. The van der Waals surface area contributed by atoms with Crippen LogP contribution < -0.4 is 11.1 Å². The number of hydrogen-bond donors (Lipinski definition) is 3. The third-order valence-corrected chi connectivity index (χ3v) is 3.79. The Kier molecular flexibility index (Phi) is 4.09. The zero-order valence-corrected chi connectivity index (χ0v) is 11.6. The van der Waals surface area contributed by atoms with Crippen molar-refractivity contribution < 1.29 is 14.7 Å². The average molecular weight is 276 g/mol. The Morgan fingerprint density at radius 2 is 2.00 bits per heavy atom. The van der Waals surface area contributed by atoms with Crippen molar-refractivity contribution >= 4 is 17.6 Å². The number of carbonyl (C=O) groups is 2. The second-order valence-electron chi connectivity index (χ2n) is 5.65. The fourth-order valence-corrected chi connectivity index (χ4v) is 2.71. The predicted molar refractivity (Wildman–Crippen MR) is 76.8 cm³/mol. The maximum absolute atomic E-state index is 12.0. The highest BCUT2D eigenvalue weighted by Gasteiger charge is 2.31. The molecule has 5 nitrogen and oxygen atoms in total. The van der Waals surface area contributed by atoms with Gasteiger partial charge in [-0.25, -0.2) is 4.79 Å². The van der Waals surface area contributed by atoms with Gasteiger partial charge in [0, 0.05) is 12.0 Å². The molecule has 108 valence electrons. The number of aryl methyl sites for hydroxylation is 1. The van der Waals surface area contributed by atoms with Gasteiger partial charge in [0.05, 0.1) is 11.3 Å². The fourth-order valence-electron chi connectivity index (χ4n) is 2.71. The summed E-state index contributed by atoms with van der Waals surface area (Å²) in [5.74, 6) is -1.27. The summed E-state index contributed by atoms with van der Waals surface area (Å²) < 4.78 is 0. The Labute approximate surface area is 118 Å². The highest BCUT2D eigenvalue weighted by atomic mass is 16.4. The van der Waals surface area contributed by atoms with Gasteiger partial charge < -0.3 is 16.2 Å². The number of carbonyl (C=O) groups excluding carboxylic acids is 1. The molecule has 1 aliphatic carbocycles. The van der Waals surface area contributed by atoms with E-state index in [0.29, 0.717) is 5.69 Å². The molecule has 0 heterocycles. The first-order valence-corrected chi connectivity index (χ1v) is 6.82. The van der Waals surface area contributed by atoms with Crippen LogP contribution >= 0.6 is 0 Å². The summed E-state index contributed by atoms with van der Waals surface area (Å²) in [7, 11) is 0. The minimum absolute atomic E-state index is 0.107. The summed E-state index contributed by atoms with van der Waals surface area (Å²) in [5, 5.41) is 11.8. The largest absolute Gasteiger partial charge is 0.478 e. The van der Waals surface area contributed by atoms with E-state index in [0.717, 1.165) is 31.2 Å². The summed E-state index contributed by atoms with van der Waals surface area (Å²) in [4.78, 5) is 23.2. The van der Waals surface area contributed by atoms with Crippen LogP contribution in [0.3, 0.4) is 0 Å². The van der Waals surface area contributed by atoms with E-state index in [9.17, 15) is 9.59 Å². The van der Waals surface area contributed by atoms with Crippen LogP contribution in [0, 0.1) is 6.92 Å². The van der Waals surface area contributed by atoms with E-state index < -0.39 is 11.5 Å². The van der Waals surface area contributed by atoms with Gasteiger partial charge in [0.2, 0.25) is 5.91 Å². The first kappa shape index (κ1) is 14.5. The summed E-state index contributed by atoms with van der Waals surface area (Å²) in [6.07, 6.45) is 4.03. The third-order valence-electron chi connectivity index (χ3n) is 3.79. The normalized spacial score (nSPS) is 16.9. The zero-order chi connectivity index (χ0) is 14.8. The minimum atomic E-state index is -1.05. The highest BCUT2D eigenvalue weighted by Crippen LogP contribution is 2.30. The van der Waals surface area contributed by atoms with E-state index in [-0.39, 0.29) is 17.9 Å². The number of aromatic carboxylic acids is 1. The number of nitrogens with two attached hydrogens (primary N) is 1. The zero-order valence-electron chi connectivity index (χ0n) is 11.6. The number of carboxylic acid groups (broad SMARTS) is 1. The number of anilines is 1. The van der Waals surface area contributed by atoms with E-state index in [1.165, 1.54) is 0 Å². The Balaban J connectivity index is 2.09. The number of amides is 1. The summed E-state index contributed by atoms with van der Waals surface area (Å²) in [5.41, 5.74) is 7.00. The van der Waals surface area contributed by atoms with Crippen LogP contribution in [0.5, 0.6) is 0 Å². The molecule has 1 aliphatic rings. The number of rotatable bonds is 4. The molecule has 1 amide bonds. The topological polar surface area (TPSA) is 92.4 Å². The molecule has 0 aliphatic heterocycles. The SMILES string of the molecule is Cc1ccc(NC(=O)CC2(N)CCCC2)c(C(=O)O)c1. The van der Waals surface area contributed by atoms with Crippen molar-refractivity contribution in [3.05, 3.63) is 29.3 Å². The van der Waals surface area contributed by atoms with E-state index in [2.05, 4.69) is 5.32 Å². The van der Waals surface area contributed by atoms with Crippen molar-refractivity contribution in [1.82, 2.24) is 0 Å². The molecule has 1 aromatic carbocycles. The summed E-state index contributed by atoms with van der Waals surface area (Å²) in [6.45, 7) is 1.81. The Bertz CT molecular complexity index is 534. The lowest BCUT2D eigenvalue weighted by Gasteiger charge is -2.22. The van der Waals surface area contributed by atoms with Gasteiger partial charge in [0.1, 0.15) is 0 Å². The van der Waals surface area contributed by atoms with Crippen molar-refractivity contribution in [3.63, 3.8) is 0 Å². The lowest BCUT2D eigenvalue weighted by molar-refractivity contribution is -0.117. The Morgan fingerprint density at radius 1 is 1.35 bits per heavy atom. The molecule has 0 unspecified atom stereocenters. The van der Waals surface area contributed by atoms with Crippen molar-refractivity contribution in [2.24, 2.45) is 5.73 Å². The monoisotopic (exact) mass is 276 g/mol. The van der Waals surface area contributed by atoms with Crippen LogP contribution in [0.2, 0.25) is 0 Å². The smallest absolute Gasteiger partial charge is 0.337 e. The van der Waals surface area contributed by atoms with Gasteiger partial charge in [-0.2, -0.15) is 0 Å². The van der Waals surface area contributed by atoms with Crippen LogP contribution in [-0.4, -0.2) is 22.5 Å². The first-order chi connectivity index (χ1) is 9.39. The molecule has 20 heavy (non-hydrogen) atoms. The number of carboxylic acids is 1. The first-order valence-electron chi connectivity index (χ1n) is 6.82. The molecule has 0 aromatic heterocycles. The van der Waals surface area contributed by atoms with Gasteiger partial charge in [-0.15, -0.1) is 0 Å². The molecule has 5 heteroatoms. The number of benzene rings is 1. The van der Waals surface area contributed by atoms with E-state index in [1.807, 2.05) is 6.92 Å². The fraction of sp³-hybridized carbons (Fsp3) is 0.467. The van der Waals surface area contributed by atoms with Gasteiger partial charge >= 0.3 is 5.97 Å². The minimum Gasteiger partial charge on any atom is -0.478 e. The molecule has 1 saturated carbocycles. The Hall–Kier alpha value is -1.88. The van der Waals surface area contributed by atoms with Gasteiger partial charge in [-0.05, 0) is 31.9 Å². The van der Waals surface area contributed by atoms with Gasteiger partial charge in [-0.1, -0.05) is 24.5 Å². The number of hydrogen-bond acceptors (Lipinski definition) is 3. The Morgan fingerprint density at radius 3 is 2.60 bits per heavy atom. The highest BCUT2D eigenvalue weighted by molar-refractivity contribution is 6.00. The average Bonchev–Trinajstić information content (AvgIpc) is 2.77. The summed E-state index contributed by atoms with van der Waals surface area (Å²) >= 11 is 0. The van der Waals surface area contributed by atoms with E-state index in [1.54, 1.807) is 18.2 Å². The molecule has 0 spiro atoms. The molecular weight excluding hydrogens is 256 g/mol. The van der Waals surface area contributed by atoms with Gasteiger partial charge in [0.25, 0.3) is 0 Å². The van der Waals surface area contributed by atoms with Crippen LogP contribution in [0.25, 0.3) is 0 Å². The van der Waals surface area contributed by atoms with E-state index in [4.69, 9.17) is 10.8 Å². The molecule has 0 radical (unpaired) electrons. The van der Waals surface area contributed by atoms with E-state index >= 15 is 0 Å². The molecular formula is C15H20N2O3.